The van der Waals surface area contributed by atoms with Crippen LogP contribution in [0.3, 0.4) is 0 Å². The molecule has 1 aromatic heterocycles. The molecule has 0 bridgehead atoms. The summed E-state index contributed by atoms with van der Waals surface area (Å²) in [6.45, 7) is 6.27. The molecule has 5 nitrogen and oxygen atoms in total. The van der Waals surface area contributed by atoms with Crippen molar-refractivity contribution in [3.63, 3.8) is 0 Å². The highest BCUT2D eigenvalue weighted by Gasteiger charge is 2.32. The lowest BCUT2D eigenvalue weighted by Gasteiger charge is -2.40. The lowest BCUT2D eigenvalue weighted by Crippen LogP contribution is -2.50. The van der Waals surface area contributed by atoms with Crippen molar-refractivity contribution >= 4 is 28.7 Å². The number of nitrogens with one attached hydrogen (secondary N) is 1. The van der Waals surface area contributed by atoms with Crippen molar-refractivity contribution in [3.8, 4) is 5.75 Å². The van der Waals surface area contributed by atoms with Crippen LogP contribution in [0.25, 0.3) is 11.0 Å². The monoisotopic (exact) mass is 347 g/mol. The summed E-state index contributed by atoms with van der Waals surface area (Å²) in [7, 11) is 1.65. The van der Waals surface area contributed by atoms with E-state index in [-0.39, 0.29) is 11.2 Å². The first-order valence-corrected chi connectivity index (χ1v) is 9.40. The molecule has 1 fully saturated rings. The minimum Gasteiger partial charge on any atom is -0.497 e. The van der Waals surface area contributed by atoms with Gasteiger partial charge in [-0.25, -0.2) is 4.98 Å². The maximum atomic E-state index is 12.9. The lowest BCUT2D eigenvalue weighted by atomic mass is 9.97. The smallest absolute Gasteiger partial charge is 0.236 e. The van der Waals surface area contributed by atoms with Crippen LogP contribution in [0, 0.1) is 0 Å². The molecule has 3 rings (SSSR count). The minimum absolute atomic E-state index is 0.157. The number of rotatable bonds is 4. The van der Waals surface area contributed by atoms with Gasteiger partial charge in [0.1, 0.15) is 5.75 Å². The predicted octanol–water partition coefficient (Wildman–Crippen LogP) is 3.84. The number of carbonyl (C=O) groups is 1. The van der Waals surface area contributed by atoms with Crippen molar-refractivity contribution < 1.29 is 9.53 Å². The number of methoxy groups -OCH3 is 1. The lowest BCUT2D eigenvalue weighted by molar-refractivity contribution is -0.136. The van der Waals surface area contributed by atoms with Gasteiger partial charge in [-0.1, -0.05) is 11.8 Å². The van der Waals surface area contributed by atoms with Crippen LogP contribution in [0.4, 0.5) is 0 Å². The molecule has 0 saturated carbocycles. The second kappa shape index (κ2) is 7.05. The van der Waals surface area contributed by atoms with Gasteiger partial charge in [0, 0.05) is 18.2 Å². The van der Waals surface area contributed by atoms with Gasteiger partial charge in [-0.15, -0.1) is 0 Å². The van der Waals surface area contributed by atoms with Crippen LogP contribution in [0.2, 0.25) is 0 Å². The van der Waals surface area contributed by atoms with Crippen molar-refractivity contribution in [3.05, 3.63) is 18.2 Å². The van der Waals surface area contributed by atoms with Gasteiger partial charge in [0.2, 0.25) is 5.91 Å². The molecule has 6 heteroatoms. The van der Waals surface area contributed by atoms with E-state index in [4.69, 9.17) is 4.74 Å². The van der Waals surface area contributed by atoms with Crippen LogP contribution in [-0.4, -0.2) is 45.2 Å². The summed E-state index contributed by atoms with van der Waals surface area (Å²) in [5, 5.41) is 0.617. The number of benzene rings is 1. The van der Waals surface area contributed by atoms with Gasteiger partial charge in [0.15, 0.2) is 5.16 Å². The van der Waals surface area contributed by atoms with Gasteiger partial charge in [0.25, 0.3) is 0 Å². The highest BCUT2D eigenvalue weighted by molar-refractivity contribution is 8.00. The molecule has 0 aliphatic carbocycles. The largest absolute Gasteiger partial charge is 0.497 e. The molecular formula is C18H25N3O2S. The van der Waals surface area contributed by atoms with E-state index in [1.807, 2.05) is 25.1 Å². The van der Waals surface area contributed by atoms with Crippen LogP contribution in [0.5, 0.6) is 5.75 Å². The first-order valence-electron chi connectivity index (χ1n) is 8.52. The number of nitrogens with zero attached hydrogens (tertiary/aromatic N) is 2. The first kappa shape index (κ1) is 17.1. The maximum absolute atomic E-state index is 12.9. The van der Waals surface area contributed by atoms with Crippen LogP contribution in [0.1, 0.15) is 40.0 Å². The molecule has 24 heavy (non-hydrogen) atoms. The summed E-state index contributed by atoms with van der Waals surface area (Å²) in [4.78, 5) is 22.8. The van der Waals surface area contributed by atoms with Crippen molar-refractivity contribution in [1.29, 1.82) is 0 Å². The number of carbonyl (C=O) groups excluding carboxylic acids is 1. The number of likely N-dealkylation sites (tertiary alicyclic amines) is 1. The Morgan fingerprint density at radius 3 is 2.75 bits per heavy atom. The molecule has 2 aromatic rings. The van der Waals surface area contributed by atoms with E-state index in [0.717, 1.165) is 34.8 Å². The van der Waals surface area contributed by atoms with E-state index in [2.05, 4.69) is 28.7 Å². The van der Waals surface area contributed by atoms with Crippen molar-refractivity contribution in [1.82, 2.24) is 14.9 Å². The second-order valence-corrected chi connectivity index (χ2v) is 7.89. The summed E-state index contributed by atoms with van der Waals surface area (Å²) in [5.74, 6) is 1.00. The van der Waals surface area contributed by atoms with Crippen LogP contribution in [-0.2, 0) is 4.79 Å². The Labute approximate surface area is 147 Å². The van der Waals surface area contributed by atoms with Gasteiger partial charge in [0.05, 0.1) is 23.4 Å². The third kappa shape index (κ3) is 3.38. The fourth-order valence-corrected chi connectivity index (χ4v) is 4.31. The molecular weight excluding hydrogens is 322 g/mol. The zero-order valence-electron chi connectivity index (χ0n) is 14.7. The normalized spacial score (nSPS) is 22.6. The molecule has 1 aromatic carbocycles. The minimum atomic E-state index is -0.157. The number of thioether (sulfide) groups is 1. The van der Waals surface area contributed by atoms with E-state index in [9.17, 15) is 4.79 Å². The van der Waals surface area contributed by atoms with E-state index < -0.39 is 0 Å². The first-order chi connectivity index (χ1) is 11.5. The van der Waals surface area contributed by atoms with E-state index >= 15 is 0 Å². The molecule has 130 valence electrons. The van der Waals surface area contributed by atoms with Crippen molar-refractivity contribution in [2.24, 2.45) is 0 Å². The van der Waals surface area contributed by atoms with Gasteiger partial charge in [-0.3, -0.25) is 4.79 Å². The Morgan fingerprint density at radius 1 is 1.38 bits per heavy atom. The Morgan fingerprint density at radius 2 is 2.08 bits per heavy atom. The average molecular weight is 347 g/mol. The van der Waals surface area contributed by atoms with Gasteiger partial charge >= 0.3 is 0 Å². The maximum Gasteiger partial charge on any atom is 0.236 e. The Kier molecular flexibility index (Phi) is 5.04. The zero-order chi connectivity index (χ0) is 17.3. The number of fused-ring (bicyclic) bond motifs is 1. The summed E-state index contributed by atoms with van der Waals surface area (Å²) < 4.78 is 5.24. The molecule has 0 unspecified atom stereocenters. The van der Waals surface area contributed by atoms with Crippen molar-refractivity contribution in [2.45, 2.75) is 62.5 Å². The molecule has 0 spiro atoms. The molecule has 1 amide bonds. The van der Waals surface area contributed by atoms with Crippen molar-refractivity contribution in [2.75, 3.05) is 7.11 Å². The number of aromatic amines is 1. The Bertz CT molecular complexity index is 720. The summed E-state index contributed by atoms with van der Waals surface area (Å²) >= 11 is 1.49. The molecule has 2 heterocycles. The SMILES string of the molecule is COc1ccc2nc(S[C@H](C)C(=O)N3[C@H](C)CCC[C@@H]3C)[nH]c2c1. The second-order valence-electron chi connectivity index (χ2n) is 6.56. The number of ether oxygens (including phenoxy) is 1. The summed E-state index contributed by atoms with van der Waals surface area (Å²) in [6.07, 6.45) is 3.40. The molecule has 1 saturated heterocycles. The van der Waals surface area contributed by atoms with Gasteiger partial charge in [-0.05, 0) is 52.2 Å². The van der Waals surface area contributed by atoms with E-state index in [1.54, 1.807) is 7.11 Å². The Balaban J connectivity index is 1.74. The molecule has 1 aliphatic rings. The van der Waals surface area contributed by atoms with Gasteiger partial charge < -0.3 is 14.6 Å². The van der Waals surface area contributed by atoms with Crippen LogP contribution < -0.4 is 4.74 Å². The van der Waals surface area contributed by atoms with Gasteiger partial charge in [-0.2, -0.15) is 0 Å². The highest BCUT2D eigenvalue weighted by atomic mass is 32.2. The quantitative estimate of drug-likeness (QED) is 0.854. The Hall–Kier alpha value is -1.69. The standard InChI is InChI=1S/C18H25N3O2S/c1-11-6-5-7-12(2)21(11)17(22)13(3)24-18-19-15-9-8-14(23-4)10-16(15)20-18/h8-13H,5-7H2,1-4H3,(H,19,20)/t11-,12+,13-/m1/s1. The molecule has 1 N–H and O–H groups in total. The van der Waals surface area contributed by atoms with Crippen LogP contribution in [0.15, 0.2) is 23.4 Å². The fraction of sp³-hybridized carbons (Fsp3) is 0.556. The number of H-pyrrole nitrogens is 1. The molecule has 0 radical (unpaired) electrons. The number of piperidine rings is 1. The predicted molar refractivity (Wildman–Crippen MR) is 97.6 cm³/mol. The summed E-state index contributed by atoms with van der Waals surface area (Å²) in [5.41, 5.74) is 1.81. The zero-order valence-corrected chi connectivity index (χ0v) is 15.5. The third-order valence-corrected chi connectivity index (χ3v) is 5.72. The number of hydrogen-bond donors (Lipinski definition) is 1. The molecule has 3 atom stereocenters. The topological polar surface area (TPSA) is 58.2 Å². The van der Waals surface area contributed by atoms with E-state index in [0.29, 0.717) is 12.1 Å². The summed E-state index contributed by atoms with van der Waals surface area (Å²) in [6, 6.07) is 6.39. The molecule has 1 aliphatic heterocycles. The number of amides is 1. The van der Waals surface area contributed by atoms with Crippen LogP contribution >= 0.6 is 11.8 Å². The number of hydrogen-bond acceptors (Lipinski definition) is 4. The number of aromatic nitrogens is 2. The number of imidazole rings is 1. The fourth-order valence-electron chi connectivity index (χ4n) is 3.43. The van der Waals surface area contributed by atoms with E-state index in [1.165, 1.54) is 18.2 Å². The third-order valence-electron chi connectivity index (χ3n) is 4.75. The highest BCUT2D eigenvalue weighted by Crippen LogP contribution is 2.29. The average Bonchev–Trinajstić information content (AvgIpc) is 2.95.